The highest BCUT2D eigenvalue weighted by Crippen LogP contribution is 2.32. The van der Waals surface area contributed by atoms with Gasteiger partial charge in [-0.15, -0.1) is 0 Å². The molecule has 0 saturated heterocycles. The topological polar surface area (TPSA) is 54.4 Å². The van der Waals surface area contributed by atoms with Gasteiger partial charge >= 0.3 is 5.97 Å². The van der Waals surface area contributed by atoms with Gasteiger partial charge in [-0.05, 0) is 23.5 Å². The Morgan fingerprint density at radius 2 is 1.64 bits per heavy atom. The van der Waals surface area contributed by atoms with E-state index in [1.807, 2.05) is 32.9 Å². The summed E-state index contributed by atoms with van der Waals surface area (Å²) in [5.41, 5.74) is 1.37. The molecule has 0 aromatic heterocycles. The quantitative estimate of drug-likeness (QED) is 0.837. The maximum absolute atomic E-state index is 12.9. The molecule has 1 N–H and O–H groups in total. The molecule has 0 bridgehead atoms. The third kappa shape index (κ3) is 2.93. The Balaban J connectivity index is 2.71. The second-order valence-electron chi connectivity index (χ2n) is 5.97. The number of carboxylic acids is 1. The lowest BCUT2D eigenvalue weighted by Crippen LogP contribution is -2.23. The van der Waals surface area contributed by atoms with Crippen molar-refractivity contribution in [3.05, 3.63) is 70.8 Å². The molecule has 0 radical (unpaired) electrons. The van der Waals surface area contributed by atoms with Gasteiger partial charge in [0.25, 0.3) is 0 Å². The standard InChI is InChI=1S/C19H20O3/c1-4-19(2,3)15-12-8-11-14(18(21)22)16(15)17(20)13-9-6-5-7-10-13/h5-12H,4H2,1-3H3,(H,21,22). The van der Waals surface area contributed by atoms with Crippen molar-refractivity contribution in [3.8, 4) is 0 Å². The summed E-state index contributed by atoms with van der Waals surface area (Å²) in [6, 6.07) is 13.9. The number of hydrogen-bond donors (Lipinski definition) is 1. The predicted octanol–water partition coefficient (Wildman–Crippen LogP) is 4.30. The van der Waals surface area contributed by atoms with Gasteiger partial charge in [-0.3, -0.25) is 4.79 Å². The smallest absolute Gasteiger partial charge is 0.336 e. The van der Waals surface area contributed by atoms with Gasteiger partial charge in [-0.2, -0.15) is 0 Å². The molecule has 0 aliphatic rings. The zero-order chi connectivity index (χ0) is 16.3. The zero-order valence-electron chi connectivity index (χ0n) is 13.1. The van der Waals surface area contributed by atoms with Crippen LogP contribution in [0.3, 0.4) is 0 Å². The lowest BCUT2D eigenvalue weighted by atomic mass is 9.77. The average molecular weight is 296 g/mol. The fourth-order valence-corrected chi connectivity index (χ4v) is 2.46. The van der Waals surface area contributed by atoms with E-state index < -0.39 is 5.97 Å². The van der Waals surface area contributed by atoms with Crippen molar-refractivity contribution in [3.63, 3.8) is 0 Å². The van der Waals surface area contributed by atoms with Crippen LogP contribution in [0.25, 0.3) is 0 Å². The molecule has 0 spiro atoms. The SMILES string of the molecule is CCC(C)(C)c1cccc(C(=O)O)c1C(=O)c1ccccc1. The van der Waals surface area contributed by atoms with Crippen LogP contribution in [0.5, 0.6) is 0 Å². The molecule has 0 saturated carbocycles. The molecule has 0 atom stereocenters. The van der Waals surface area contributed by atoms with Crippen molar-refractivity contribution >= 4 is 11.8 Å². The van der Waals surface area contributed by atoms with Gasteiger partial charge in [0.05, 0.1) is 5.56 Å². The highest BCUT2D eigenvalue weighted by atomic mass is 16.4. The minimum atomic E-state index is -1.08. The number of ketones is 1. The number of rotatable bonds is 5. The average Bonchev–Trinajstić information content (AvgIpc) is 2.54. The summed E-state index contributed by atoms with van der Waals surface area (Å²) in [6.07, 6.45) is 0.811. The van der Waals surface area contributed by atoms with Gasteiger partial charge in [0.15, 0.2) is 5.78 Å². The Hall–Kier alpha value is -2.42. The fourth-order valence-electron chi connectivity index (χ4n) is 2.46. The molecule has 0 unspecified atom stereocenters. The first-order chi connectivity index (χ1) is 10.4. The van der Waals surface area contributed by atoms with Crippen molar-refractivity contribution in [1.82, 2.24) is 0 Å². The molecule has 0 amide bonds. The van der Waals surface area contributed by atoms with Gasteiger partial charge in [0.1, 0.15) is 0 Å². The van der Waals surface area contributed by atoms with Gasteiger partial charge in [-0.25, -0.2) is 4.79 Å². The predicted molar refractivity (Wildman–Crippen MR) is 86.6 cm³/mol. The van der Waals surface area contributed by atoms with Crippen LogP contribution in [0, 0.1) is 0 Å². The van der Waals surface area contributed by atoms with E-state index in [1.54, 1.807) is 30.3 Å². The maximum Gasteiger partial charge on any atom is 0.336 e. The van der Waals surface area contributed by atoms with E-state index in [-0.39, 0.29) is 16.8 Å². The molecule has 22 heavy (non-hydrogen) atoms. The zero-order valence-corrected chi connectivity index (χ0v) is 13.1. The highest BCUT2D eigenvalue weighted by Gasteiger charge is 2.29. The van der Waals surface area contributed by atoms with Gasteiger partial charge < -0.3 is 5.11 Å². The first-order valence-electron chi connectivity index (χ1n) is 7.35. The number of carboxylic acid groups (broad SMARTS) is 1. The molecule has 2 rings (SSSR count). The normalized spacial score (nSPS) is 11.2. The van der Waals surface area contributed by atoms with E-state index in [1.165, 1.54) is 6.07 Å². The van der Waals surface area contributed by atoms with Crippen LogP contribution in [0.1, 0.15) is 59.0 Å². The fraction of sp³-hybridized carbons (Fsp3) is 0.263. The summed E-state index contributed by atoms with van der Waals surface area (Å²) in [5.74, 6) is -1.32. The number of carbonyl (C=O) groups excluding carboxylic acids is 1. The molecule has 2 aromatic carbocycles. The minimum Gasteiger partial charge on any atom is -0.478 e. The van der Waals surface area contributed by atoms with Crippen LogP contribution in [0.4, 0.5) is 0 Å². The van der Waals surface area contributed by atoms with Crippen molar-refractivity contribution in [2.75, 3.05) is 0 Å². The summed E-state index contributed by atoms with van der Waals surface area (Å²) in [5, 5.41) is 9.47. The summed E-state index contributed by atoms with van der Waals surface area (Å²) in [7, 11) is 0. The van der Waals surface area contributed by atoms with Crippen LogP contribution in [0.15, 0.2) is 48.5 Å². The Kier molecular flexibility index (Phi) is 4.45. The second-order valence-corrected chi connectivity index (χ2v) is 5.97. The summed E-state index contributed by atoms with van der Waals surface area (Å²) >= 11 is 0. The van der Waals surface area contributed by atoms with Crippen LogP contribution in [0.2, 0.25) is 0 Å². The first kappa shape index (κ1) is 16.0. The second kappa shape index (κ2) is 6.14. The molecule has 2 aromatic rings. The molecule has 3 heteroatoms. The largest absolute Gasteiger partial charge is 0.478 e. The number of hydrogen-bond acceptors (Lipinski definition) is 2. The third-order valence-electron chi connectivity index (χ3n) is 4.17. The maximum atomic E-state index is 12.9. The first-order valence-corrected chi connectivity index (χ1v) is 7.35. The van der Waals surface area contributed by atoms with Gasteiger partial charge in [-0.1, -0.05) is 63.2 Å². The highest BCUT2D eigenvalue weighted by molar-refractivity contribution is 6.15. The molecule has 0 aliphatic carbocycles. The Bertz CT molecular complexity index is 700. The van der Waals surface area contributed by atoms with E-state index in [9.17, 15) is 14.7 Å². The van der Waals surface area contributed by atoms with Crippen molar-refractivity contribution in [1.29, 1.82) is 0 Å². The molecule has 3 nitrogen and oxygen atoms in total. The van der Waals surface area contributed by atoms with Crippen molar-refractivity contribution in [2.24, 2.45) is 0 Å². The Morgan fingerprint density at radius 1 is 1.00 bits per heavy atom. The molecular weight excluding hydrogens is 276 g/mol. The lowest BCUT2D eigenvalue weighted by molar-refractivity contribution is 0.0692. The summed E-state index contributed by atoms with van der Waals surface area (Å²) in [4.78, 5) is 24.5. The molecule has 0 aliphatic heterocycles. The van der Waals surface area contributed by atoms with Crippen LogP contribution < -0.4 is 0 Å². The van der Waals surface area contributed by atoms with Crippen molar-refractivity contribution in [2.45, 2.75) is 32.6 Å². The monoisotopic (exact) mass is 296 g/mol. The molecule has 0 heterocycles. The minimum absolute atomic E-state index is 0.0629. The van der Waals surface area contributed by atoms with E-state index in [0.717, 1.165) is 12.0 Å². The number of carbonyl (C=O) groups is 2. The van der Waals surface area contributed by atoms with Gasteiger partial charge in [0.2, 0.25) is 0 Å². The number of aromatic carboxylic acids is 1. The Labute approximate surface area is 130 Å². The van der Waals surface area contributed by atoms with E-state index in [4.69, 9.17) is 0 Å². The summed E-state index contributed by atoms with van der Waals surface area (Å²) < 4.78 is 0. The van der Waals surface area contributed by atoms with Crippen LogP contribution in [-0.2, 0) is 5.41 Å². The molecular formula is C19H20O3. The van der Waals surface area contributed by atoms with E-state index in [0.29, 0.717) is 11.1 Å². The Morgan fingerprint density at radius 3 is 2.18 bits per heavy atom. The molecule has 0 fully saturated rings. The van der Waals surface area contributed by atoms with Gasteiger partial charge in [0, 0.05) is 11.1 Å². The number of benzene rings is 2. The van der Waals surface area contributed by atoms with E-state index >= 15 is 0 Å². The van der Waals surface area contributed by atoms with E-state index in [2.05, 4.69) is 0 Å². The molecule has 114 valence electrons. The van der Waals surface area contributed by atoms with Crippen LogP contribution in [-0.4, -0.2) is 16.9 Å². The van der Waals surface area contributed by atoms with Crippen molar-refractivity contribution < 1.29 is 14.7 Å². The third-order valence-corrected chi connectivity index (χ3v) is 4.17. The van der Waals surface area contributed by atoms with Crippen LogP contribution >= 0.6 is 0 Å². The summed E-state index contributed by atoms with van der Waals surface area (Å²) in [6.45, 7) is 6.08. The lowest BCUT2D eigenvalue weighted by Gasteiger charge is -2.26.